The summed E-state index contributed by atoms with van der Waals surface area (Å²) < 4.78 is 38.5. The first kappa shape index (κ1) is 16.5. The van der Waals surface area contributed by atoms with Crippen LogP contribution in [-0.2, 0) is 12.6 Å². The minimum atomic E-state index is -4.32. The molecular formula is C19H16ClF3N2. The number of benzene rings is 2. The molecule has 2 aromatic carbocycles. The Morgan fingerprint density at radius 1 is 1.12 bits per heavy atom. The van der Waals surface area contributed by atoms with Gasteiger partial charge in [-0.05, 0) is 54.9 Å². The SMILES string of the molecule is CN1CCc2c([nH]c3ccc(Cl)cc23)C1c1ccc(C(F)(F)F)cc1. The Hall–Kier alpha value is -1.98. The third-order valence-corrected chi connectivity index (χ3v) is 5.12. The molecule has 1 aliphatic rings. The Labute approximate surface area is 148 Å². The van der Waals surface area contributed by atoms with Gasteiger partial charge in [0.1, 0.15) is 0 Å². The highest BCUT2D eigenvalue weighted by molar-refractivity contribution is 6.31. The van der Waals surface area contributed by atoms with Gasteiger partial charge in [-0.15, -0.1) is 0 Å². The molecule has 25 heavy (non-hydrogen) atoms. The van der Waals surface area contributed by atoms with E-state index in [0.29, 0.717) is 5.02 Å². The second-order valence-electron chi connectivity index (χ2n) is 6.46. The number of nitrogens with zero attached hydrogens (tertiary/aromatic N) is 1. The number of hydrogen-bond acceptors (Lipinski definition) is 1. The molecule has 0 fully saturated rings. The first-order chi connectivity index (χ1) is 11.8. The van der Waals surface area contributed by atoms with Crippen molar-refractivity contribution in [3.8, 4) is 0 Å². The Morgan fingerprint density at radius 2 is 1.84 bits per heavy atom. The minimum Gasteiger partial charge on any atom is -0.357 e. The number of H-pyrrole nitrogens is 1. The maximum atomic E-state index is 12.8. The summed E-state index contributed by atoms with van der Waals surface area (Å²) in [6.45, 7) is 0.832. The summed E-state index contributed by atoms with van der Waals surface area (Å²) in [5, 5.41) is 1.77. The van der Waals surface area contributed by atoms with Gasteiger partial charge in [-0.25, -0.2) is 0 Å². The Kier molecular flexibility index (Phi) is 3.81. The highest BCUT2D eigenvalue weighted by Gasteiger charge is 2.32. The highest BCUT2D eigenvalue weighted by Crippen LogP contribution is 2.39. The molecule has 2 nitrogen and oxygen atoms in total. The molecule has 6 heteroatoms. The number of aromatic nitrogens is 1. The lowest BCUT2D eigenvalue weighted by atomic mass is 9.92. The molecule has 1 unspecified atom stereocenters. The third kappa shape index (κ3) is 2.81. The topological polar surface area (TPSA) is 19.0 Å². The molecule has 1 N–H and O–H groups in total. The fraction of sp³-hybridized carbons (Fsp3) is 0.263. The molecule has 0 saturated heterocycles. The van der Waals surface area contributed by atoms with Gasteiger partial charge in [-0.3, -0.25) is 4.90 Å². The molecule has 130 valence electrons. The zero-order chi connectivity index (χ0) is 17.8. The number of hydrogen-bond donors (Lipinski definition) is 1. The van der Waals surface area contributed by atoms with Crippen LogP contribution in [-0.4, -0.2) is 23.5 Å². The minimum absolute atomic E-state index is 0.0998. The van der Waals surface area contributed by atoms with E-state index in [4.69, 9.17) is 11.6 Å². The molecule has 0 bridgehead atoms. The van der Waals surface area contributed by atoms with Crippen LogP contribution < -0.4 is 0 Å². The number of fused-ring (bicyclic) bond motifs is 3. The van der Waals surface area contributed by atoms with Crippen molar-refractivity contribution in [1.82, 2.24) is 9.88 Å². The lowest BCUT2D eigenvalue weighted by molar-refractivity contribution is -0.137. The first-order valence-corrected chi connectivity index (χ1v) is 8.40. The van der Waals surface area contributed by atoms with Crippen molar-refractivity contribution in [3.63, 3.8) is 0 Å². The first-order valence-electron chi connectivity index (χ1n) is 8.02. The summed E-state index contributed by atoms with van der Waals surface area (Å²) in [7, 11) is 1.99. The van der Waals surface area contributed by atoms with E-state index in [2.05, 4.69) is 9.88 Å². The molecule has 0 saturated carbocycles. The monoisotopic (exact) mass is 364 g/mol. The second-order valence-corrected chi connectivity index (χ2v) is 6.90. The molecule has 0 amide bonds. The van der Waals surface area contributed by atoms with E-state index < -0.39 is 11.7 Å². The van der Waals surface area contributed by atoms with E-state index in [0.717, 1.165) is 47.3 Å². The molecule has 1 aromatic heterocycles. The fourth-order valence-electron chi connectivity index (χ4n) is 3.66. The second kappa shape index (κ2) is 5.78. The van der Waals surface area contributed by atoms with Gasteiger partial charge in [0, 0.05) is 28.2 Å². The van der Waals surface area contributed by atoms with Gasteiger partial charge in [0.2, 0.25) is 0 Å². The molecule has 1 atom stereocenters. The van der Waals surface area contributed by atoms with Crippen LogP contribution in [0.5, 0.6) is 0 Å². The average molecular weight is 365 g/mol. The summed E-state index contributed by atoms with van der Waals surface area (Å²) in [4.78, 5) is 5.60. The maximum Gasteiger partial charge on any atom is 0.416 e. The number of halogens is 4. The quantitative estimate of drug-likeness (QED) is 0.611. The average Bonchev–Trinajstić information content (AvgIpc) is 2.91. The molecule has 0 aliphatic carbocycles. The van der Waals surface area contributed by atoms with Gasteiger partial charge in [0.05, 0.1) is 11.6 Å². The summed E-state index contributed by atoms with van der Waals surface area (Å²) in [6.07, 6.45) is -3.44. The van der Waals surface area contributed by atoms with Crippen LogP contribution in [0.2, 0.25) is 5.02 Å². The summed E-state index contributed by atoms with van der Waals surface area (Å²) in [5.41, 5.74) is 3.44. The smallest absolute Gasteiger partial charge is 0.357 e. The highest BCUT2D eigenvalue weighted by atomic mass is 35.5. The Balaban J connectivity index is 1.82. The molecule has 2 heterocycles. The van der Waals surface area contributed by atoms with Crippen LogP contribution in [0.4, 0.5) is 13.2 Å². The van der Waals surface area contributed by atoms with Crippen LogP contribution in [0.3, 0.4) is 0 Å². The summed E-state index contributed by atoms with van der Waals surface area (Å²) in [6, 6.07) is 11.1. The standard InChI is InChI=1S/C19H16ClF3N2/c1-25-9-8-14-15-10-13(20)6-7-16(15)24-17(14)18(25)11-2-4-12(5-3-11)19(21,22)23/h2-7,10,18,24H,8-9H2,1H3. The normalized spacial score (nSPS) is 18.5. The van der Waals surface area contributed by atoms with Gasteiger partial charge in [-0.1, -0.05) is 23.7 Å². The zero-order valence-corrected chi connectivity index (χ0v) is 14.2. The van der Waals surface area contributed by atoms with Crippen molar-refractivity contribution in [2.24, 2.45) is 0 Å². The molecule has 4 rings (SSSR count). The maximum absolute atomic E-state index is 12.8. The largest absolute Gasteiger partial charge is 0.416 e. The predicted molar refractivity (Wildman–Crippen MR) is 92.9 cm³/mol. The Bertz CT molecular complexity index is 928. The van der Waals surface area contributed by atoms with Gasteiger partial charge < -0.3 is 4.98 Å². The van der Waals surface area contributed by atoms with Gasteiger partial charge >= 0.3 is 6.18 Å². The summed E-state index contributed by atoms with van der Waals surface area (Å²) in [5.74, 6) is 0. The van der Waals surface area contributed by atoms with Gasteiger partial charge in [0.25, 0.3) is 0 Å². The number of rotatable bonds is 1. The number of nitrogens with one attached hydrogen (secondary N) is 1. The van der Waals surface area contributed by atoms with E-state index >= 15 is 0 Å². The number of alkyl halides is 3. The van der Waals surface area contributed by atoms with Crippen LogP contribution in [0.25, 0.3) is 10.9 Å². The third-order valence-electron chi connectivity index (χ3n) is 4.88. The molecule has 0 radical (unpaired) electrons. The molecular weight excluding hydrogens is 349 g/mol. The van der Waals surface area contributed by atoms with Crippen molar-refractivity contribution < 1.29 is 13.2 Å². The van der Waals surface area contributed by atoms with E-state index in [9.17, 15) is 13.2 Å². The van der Waals surface area contributed by atoms with Crippen LogP contribution >= 0.6 is 11.6 Å². The van der Waals surface area contributed by atoms with E-state index in [1.807, 2.05) is 25.2 Å². The van der Waals surface area contributed by atoms with E-state index in [1.165, 1.54) is 5.56 Å². The van der Waals surface area contributed by atoms with E-state index in [1.54, 1.807) is 12.1 Å². The van der Waals surface area contributed by atoms with Crippen LogP contribution in [0.1, 0.15) is 28.4 Å². The molecule has 1 aliphatic heterocycles. The molecule has 0 spiro atoms. The predicted octanol–water partition coefficient (Wildman–Crippen LogP) is 5.42. The van der Waals surface area contributed by atoms with Crippen LogP contribution in [0.15, 0.2) is 42.5 Å². The van der Waals surface area contributed by atoms with Gasteiger partial charge in [-0.2, -0.15) is 13.2 Å². The van der Waals surface area contributed by atoms with Crippen molar-refractivity contribution in [3.05, 3.63) is 69.9 Å². The number of aromatic amines is 1. The van der Waals surface area contributed by atoms with Gasteiger partial charge in [0.15, 0.2) is 0 Å². The summed E-state index contributed by atoms with van der Waals surface area (Å²) >= 11 is 6.13. The molecule has 3 aromatic rings. The zero-order valence-electron chi connectivity index (χ0n) is 13.5. The number of likely N-dealkylation sites (N-methyl/N-ethyl adjacent to an activating group) is 1. The van der Waals surface area contributed by atoms with Crippen molar-refractivity contribution in [1.29, 1.82) is 0 Å². The van der Waals surface area contributed by atoms with E-state index in [-0.39, 0.29) is 6.04 Å². The lowest BCUT2D eigenvalue weighted by Crippen LogP contribution is -2.32. The lowest BCUT2D eigenvalue weighted by Gasteiger charge is -2.33. The van der Waals surface area contributed by atoms with Crippen LogP contribution in [0, 0.1) is 0 Å². The van der Waals surface area contributed by atoms with Crippen molar-refractivity contribution in [2.75, 3.05) is 13.6 Å². The Morgan fingerprint density at radius 3 is 2.52 bits per heavy atom. The van der Waals surface area contributed by atoms with Crippen molar-refractivity contribution >= 4 is 22.5 Å². The van der Waals surface area contributed by atoms with Crippen molar-refractivity contribution in [2.45, 2.75) is 18.6 Å². The fourth-order valence-corrected chi connectivity index (χ4v) is 3.83.